The van der Waals surface area contributed by atoms with E-state index in [1.165, 1.54) is 146 Å². The van der Waals surface area contributed by atoms with Crippen LogP contribution < -0.4 is 0 Å². The summed E-state index contributed by atoms with van der Waals surface area (Å²) in [6.07, 6.45) is 32.2. The summed E-state index contributed by atoms with van der Waals surface area (Å²) >= 11 is 0. The molecule has 0 radical (unpaired) electrons. The summed E-state index contributed by atoms with van der Waals surface area (Å²) in [5.41, 5.74) is 2.76. The molecule has 0 saturated heterocycles. The molecule has 0 aromatic carbocycles. The predicted molar refractivity (Wildman–Crippen MR) is 145 cm³/mol. The van der Waals surface area contributed by atoms with Gasteiger partial charge in [0.1, 0.15) is 0 Å². The maximum atomic E-state index is 4.80. The Hall–Kier alpha value is -0.850. The highest BCUT2D eigenvalue weighted by Crippen LogP contribution is 2.38. The number of aryl methyl sites for hydroxylation is 2. The van der Waals surface area contributed by atoms with Crippen LogP contribution in [0.15, 0.2) is 18.3 Å². The highest BCUT2D eigenvalue weighted by atomic mass is 14.7. The standard InChI is InChI=1S/C32H55N/c1-3-5-7-8-9-11-31-23-25-32(33-26-31)24-22-30-20-18-29(19-21-30)17-16-28-14-12-27(13-15-28)10-6-4-2/h23,25-30H,3-22,24H2,1-2H3. The van der Waals surface area contributed by atoms with Gasteiger partial charge in [-0.3, -0.25) is 4.98 Å². The molecule has 33 heavy (non-hydrogen) atoms. The van der Waals surface area contributed by atoms with E-state index < -0.39 is 0 Å². The first-order chi connectivity index (χ1) is 16.3. The molecule has 0 amide bonds. The fourth-order valence-corrected chi connectivity index (χ4v) is 6.62. The SMILES string of the molecule is CCCCCCCc1ccc(CCC2CCC(CCC3CCC(CCCC)CC3)CC2)nc1. The van der Waals surface area contributed by atoms with E-state index in [4.69, 9.17) is 4.98 Å². The lowest BCUT2D eigenvalue weighted by Gasteiger charge is -2.32. The molecule has 1 aromatic heterocycles. The Kier molecular flexibility index (Phi) is 12.9. The van der Waals surface area contributed by atoms with E-state index in [1.807, 2.05) is 0 Å². The zero-order valence-corrected chi connectivity index (χ0v) is 22.3. The molecule has 0 atom stereocenters. The maximum absolute atomic E-state index is 4.80. The van der Waals surface area contributed by atoms with Gasteiger partial charge in [-0.2, -0.15) is 0 Å². The highest BCUT2D eigenvalue weighted by Gasteiger charge is 2.24. The van der Waals surface area contributed by atoms with Gasteiger partial charge in [-0.1, -0.05) is 129 Å². The van der Waals surface area contributed by atoms with Crippen molar-refractivity contribution in [2.75, 3.05) is 0 Å². The highest BCUT2D eigenvalue weighted by molar-refractivity contribution is 5.14. The van der Waals surface area contributed by atoms with Gasteiger partial charge in [0, 0.05) is 11.9 Å². The van der Waals surface area contributed by atoms with E-state index in [0.717, 1.165) is 23.7 Å². The van der Waals surface area contributed by atoms with Gasteiger partial charge in [0.15, 0.2) is 0 Å². The van der Waals surface area contributed by atoms with Crippen LogP contribution in [0.1, 0.15) is 147 Å². The van der Waals surface area contributed by atoms with Gasteiger partial charge < -0.3 is 0 Å². The Labute approximate surface area is 206 Å². The first kappa shape index (κ1) is 26.7. The summed E-state index contributed by atoms with van der Waals surface area (Å²) < 4.78 is 0. The van der Waals surface area contributed by atoms with Crippen LogP contribution in [-0.2, 0) is 12.8 Å². The second kappa shape index (κ2) is 15.9. The lowest BCUT2D eigenvalue weighted by Crippen LogP contribution is -2.18. The van der Waals surface area contributed by atoms with Crippen molar-refractivity contribution >= 4 is 0 Å². The summed E-state index contributed by atoms with van der Waals surface area (Å²) in [6, 6.07) is 4.65. The van der Waals surface area contributed by atoms with Crippen molar-refractivity contribution < 1.29 is 0 Å². The number of hydrogen-bond acceptors (Lipinski definition) is 1. The Morgan fingerprint density at radius 2 is 1.12 bits per heavy atom. The van der Waals surface area contributed by atoms with E-state index in [1.54, 1.807) is 0 Å². The first-order valence-corrected chi connectivity index (χ1v) is 15.2. The monoisotopic (exact) mass is 453 g/mol. The molecule has 2 aliphatic carbocycles. The normalized spacial score (nSPS) is 25.9. The van der Waals surface area contributed by atoms with Crippen LogP contribution in [0.5, 0.6) is 0 Å². The van der Waals surface area contributed by atoms with E-state index in [9.17, 15) is 0 Å². The lowest BCUT2D eigenvalue weighted by atomic mass is 9.74. The van der Waals surface area contributed by atoms with Gasteiger partial charge in [0.25, 0.3) is 0 Å². The number of aromatic nitrogens is 1. The summed E-state index contributed by atoms with van der Waals surface area (Å²) in [6.45, 7) is 4.63. The van der Waals surface area contributed by atoms with Crippen molar-refractivity contribution in [3.05, 3.63) is 29.6 Å². The third-order valence-corrected chi connectivity index (χ3v) is 9.15. The Balaban J connectivity index is 1.23. The average Bonchev–Trinajstić information content (AvgIpc) is 2.87. The van der Waals surface area contributed by atoms with Gasteiger partial charge in [0.2, 0.25) is 0 Å². The van der Waals surface area contributed by atoms with Crippen molar-refractivity contribution in [3.8, 4) is 0 Å². The zero-order valence-electron chi connectivity index (χ0n) is 22.3. The zero-order chi connectivity index (χ0) is 23.1. The van der Waals surface area contributed by atoms with Crippen molar-refractivity contribution in [1.82, 2.24) is 4.98 Å². The van der Waals surface area contributed by atoms with E-state index in [-0.39, 0.29) is 0 Å². The topological polar surface area (TPSA) is 12.9 Å². The summed E-state index contributed by atoms with van der Waals surface area (Å²) in [7, 11) is 0. The molecule has 2 saturated carbocycles. The molecule has 0 spiro atoms. The minimum absolute atomic E-state index is 0.954. The molecular formula is C32H55N. The van der Waals surface area contributed by atoms with Crippen molar-refractivity contribution in [1.29, 1.82) is 0 Å². The van der Waals surface area contributed by atoms with E-state index >= 15 is 0 Å². The van der Waals surface area contributed by atoms with Crippen LogP contribution in [0.4, 0.5) is 0 Å². The molecule has 1 heteroatoms. The Morgan fingerprint density at radius 1 is 0.576 bits per heavy atom. The van der Waals surface area contributed by atoms with Crippen LogP contribution >= 0.6 is 0 Å². The van der Waals surface area contributed by atoms with E-state index in [2.05, 4.69) is 32.2 Å². The molecule has 0 bridgehead atoms. The molecule has 2 fully saturated rings. The summed E-state index contributed by atoms with van der Waals surface area (Å²) in [5, 5.41) is 0. The van der Waals surface area contributed by atoms with Crippen molar-refractivity contribution in [2.24, 2.45) is 23.7 Å². The Morgan fingerprint density at radius 3 is 1.67 bits per heavy atom. The van der Waals surface area contributed by atoms with Crippen LogP contribution in [0.25, 0.3) is 0 Å². The molecule has 188 valence electrons. The van der Waals surface area contributed by atoms with Gasteiger partial charge in [-0.25, -0.2) is 0 Å². The lowest BCUT2D eigenvalue weighted by molar-refractivity contribution is 0.208. The molecule has 0 N–H and O–H groups in total. The van der Waals surface area contributed by atoms with Gasteiger partial charge in [-0.15, -0.1) is 0 Å². The second-order valence-corrected chi connectivity index (χ2v) is 11.9. The fourth-order valence-electron chi connectivity index (χ4n) is 6.62. The molecule has 0 aliphatic heterocycles. The maximum Gasteiger partial charge on any atom is 0.0403 e. The van der Waals surface area contributed by atoms with Gasteiger partial charge in [-0.05, 0) is 61.0 Å². The smallest absolute Gasteiger partial charge is 0.0403 e. The molecule has 1 aromatic rings. The van der Waals surface area contributed by atoms with Crippen molar-refractivity contribution in [3.63, 3.8) is 0 Å². The Bertz CT molecular complexity index is 589. The van der Waals surface area contributed by atoms with Crippen LogP contribution in [0.2, 0.25) is 0 Å². The average molecular weight is 454 g/mol. The third kappa shape index (κ3) is 10.5. The van der Waals surface area contributed by atoms with Crippen LogP contribution in [0.3, 0.4) is 0 Å². The minimum Gasteiger partial charge on any atom is -0.261 e. The third-order valence-electron chi connectivity index (χ3n) is 9.15. The largest absolute Gasteiger partial charge is 0.261 e. The number of hydrogen-bond donors (Lipinski definition) is 0. The quantitative estimate of drug-likeness (QED) is 0.241. The number of unbranched alkanes of at least 4 members (excludes halogenated alkanes) is 5. The van der Waals surface area contributed by atoms with Crippen LogP contribution in [-0.4, -0.2) is 4.98 Å². The number of pyridine rings is 1. The predicted octanol–water partition coefficient (Wildman–Crippen LogP) is 10.1. The first-order valence-electron chi connectivity index (χ1n) is 15.2. The number of nitrogens with zero attached hydrogens (tertiary/aromatic N) is 1. The number of rotatable bonds is 15. The molecule has 1 heterocycles. The molecular weight excluding hydrogens is 398 g/mol. The molecule has 2 aliphatic rings. The molecule has 1 nitrogen and oxygen atoms in total. The molecule has 0 unspecified atom stereocenters. The van der Waals surface area contributed by atoms with Crippen molar-refractivity contribution in [2.45, 2.75) is 149 Å². The second-order valence-electron chi connectivity index (χ2n) is 11.9. The van der Waals surface area contributed by atoms with Crippen LogP contribution in [0, 0.1) is 23.7 Å². The fraction of sp³-hybridized carbons (Fsp3) is 0.844. The molecule has 3 rings (SSSR count). The van der Waals surface area contributed by atoms with Gasteiger partial charge >= 0.3 is 0 Å². The van der Waals surface area contributed by atoms with E-state index in [0.29, 0.717) is 0 Å². The minimum atomic E-state index is 0.954. The summed E-state index contributed by atoms with van der Waals surface area (Å²) in [5.74, 6) is 4.12. The van der Waals surface area contributed by atoms with Gasteiger partial charge in [0.05, 0.1) is 0 Å². The summed E-state index contributed by atoms with van der Waals surface area (Å²) in [4.78, 5) is 4.80.